The topological polar surface area (TPSA) is 83.8 Å². The molecule has 0 spiro atoms. The van der Waals surface area contributed by atoms with Crippen LogP contribution < -0.4 is 10.6 Å². The predicted octanol–water partition coefficient (Wildman–Crippen LogP) is 3.71. The predicted molar refractivity (Wildman–Crippen MR) is 141 cm³/mol. The molecule has 0 bridgehead atoms. The van der Waals surface area contributed by atoms with Gasteiger partial charge in [-0.25, -0.2) is 4.99 Å². The molecule has 9 heteroatoms. The van der Waals surface area contributed by atoms with E-state index < -0.39 is 0 Å². The summed E-state index contributed by atoms with van der Waals surface area (Å²) in [5.41, 5.74) is 3.00. The van der Waals surface area contributed by atoms with Crippen molar-refractivity contribution >= 4 is 41.5 Å². The average molecular weight is 566 g/mol. The van der Waals surface area contributed by atoms with E-state index in [1.54, 1.807) is 4.68 Å². The van der Waals surface area contributed by atoms with Gasteiger partial charge in [0.2, 0.25) is 5.91 Å². The van der Waals surface area contributed by atoms with Crippen molar-refractivity contribution in [2.24, 2.45) is 18.0 Å². The number of benzene rings is 1. The summed E-state index contributed by atoms with van der Waals surface area (Å²) in [6, 6.07) is 8.01. The Kier molecular flexibility index (Phi) is 9.54. The number of aromatic nitrogens is 2. The number of carbonyl (C=O) groups excluding carboxylic acids is 1. The number of ether oxygens (including phenoxy) is 1. The van der Waals surface area contributed by atoms with Crippen LogP contribution in [0.1, 0.15) is 49.8 Å². The lowest BCUT2D eigenvalue weighted by atomic mass is 10.1. The highest BCUT2D eigenvalue weighted by Gasteiger charge is 2.25. The molecule has 1 aromatic heterocycles. The summed E-state index contributed by atoms with van der Waals surface area (Å²) in [6.07, 6.45) is 8.16. The van der Waals surface area contributed by atoms with Crippen molar-refractivity contribution in [3.05, 3.63) is 47.8 Å². The molecule has 1 aliphatic carbocycles. The third-order valence-corrected chi connectivity index (χ3v) is 6.13. The first-order valence-corrected chi connectivity index (χ1v) is 11.7. The zero-order valence-electron chi connectivity index (χ0n) is 19.5. The van der Waals surface area contributed by atoms with Gasteiger partial charge in [0.25, 0.3) is 0 Å². The summed E-state index contributed by atoms with van der Waals surface area (Å²) in [5, 5.41) is 10.8. The van der Waals surface area contributed by atoms with E-state index >= 15 is 0 Å². The molecular formula is C24H35IN6O2. The maximum atomic E-state index is 12.5. The van der Waals surface area contributed by atoms with Crippen LogP contribution in [0.4, 0.5) is 5.69 Å². The van der Waals surface area contributed by atoms with Crippen LogP contribution in [-0.4, -0.2) is 52.8 Å². The van der Waals surface area contributed by atoms with Gasteiger partial charge in [-0.15, -0.1) is 24.0 Å². The Hall–Kier alpha value is -2.14. The number of morpholine rings is 1. The summed E-state index contributed by atoms with van der Waals surface area (Å²) < 4.78 is 7.78. The molecule has 2 aliphatic rings. The second-order valence-electron chi connectivity index (χ2n) is 8.59. The van der Waals surface area contributed by atoms with Gasteiger partial charge < -0.3 is 20.3 Å². The lowest BCUT2D eigenvalue weighted by Gasteiger charge is -2.34. The molecule has 2 aromatic rings. The van der Waals surface area contributed by atoms with Gasteiger partial charge in [0, 0.05) is 43.5 Å². The largest absolute Gasteiger partial charge is 0.370 e. The molecule has 33 heavy (non-hydrogen) atoms. The summed E-state index contributed by atoms with van der Waals surface area (Å²) in [4.78, 5) is 19.6. The first-order valence-electron chi connectivity index (χ1n) is 11.7. The molecular weight excluding hydrogens is 531 g/mol. The van der Waals surface area contributed by atoms with E-state index in [-0.39, 0.29) is 41.9 Å². The fraction of sp³-hybridized carbons (Fsp3) is 0.542. The van der Waals surface area contributed by atoms with Gasteiger partial charge in [-0.05, 0) is 37.5 Å². The smallest absolute Gasteiger partial charge is 0.227 e. The van der Waals surface area contributed by atoms with Crippen molar-refractivity contribution < 1.29 is 9.53 Å². The van der Waals surface area contributed by atoms with Crippen molar-refractivity contribution in [1.29, 1.82) is 0 Å². The Morgan fingerprint density at radius 2 is 2.12 bits per heavy atom. The summed E-state index contributed by atoms with van der Waals surface area (Å²) in [5.74, 6) is 1.18. The molecule has 1 unspecified atom stereocenters. The Bertz CT molecular complexity index is 941. The molecule has 2 N–H and O–H groups in total. The van der Waals surface area contributed by atoms with E-state index in [1.165, 1.54) is 0 Å². The maximum Gasteiger partial charge on any atom is 0.227 e. The van der Waals surface area contributed by atoms with Gasteiger partial charge in [-0.1, -0.05) is 25.0 Å². The number of carbonyl (C=O) groups is 1. The van der Waals surface area contributed by atoms with Crippen LogP contribution in [-0.2, 0) is 23.1 Å². The van der Waals surface area contributed by atoms with Crippen LogP contribution in [0.3, 0.4) is 0 Å². The van der Waals surface area contributed by atoms with Crippen LogP contribution in [0.15, 0.2) is 41.7 Å². The van der Waals surface area contributed by atoms with Crippen molar-refractivity contribution in [3.8, 4) is 0 Å². The standard InChI is InChI=1S/C24H34N6O2.HI/c1-3-25-24(30-11-12-32-22(17-30)20-15-27-29(2)16-20)26-14-18-7-6-10-21(13-18)28-23(31)19-8-4-5-9-19;/h6-7,10,13,15-16,19,22H,3-5,8-9,11-12,14,17H2,1-2H3,(H,25,26)(H,28,31);1H. The highest BCUT2D eigenvalue weighted by Crippen LogP contribution is 2.26. The number of guanidine groups is 1. The molecule has 8 nitrogen and oxygen atoms in total. The van der Waals surface area contributed by atoms with E-state index in [0.29, 0.717) is 13.2 Å². The number of anilines is 1. The zero-order chi connectivity index (χ0) is 22.3. The second-order valence-corrected chi connectivity index (χ2v) is 8.59. The number of hydrogen-bond acceptors (Lipinski definition) is 4. The molecule has 180 valence electrons. The quantitative estimate of drug-likeness (QED) is 0.317. The van der Waals surface area contributed by atoms with Gasteiger partial charge in [-0.2, -0.15) is 5.10 Å². The highest BCUT2D eigenvalue weighted by molar-refractivity contribution is 14.0. The number of nitrogens with zero attached hydrogens (tertiary/aromatic N) is 4. The van der Waals surface area contributed by atoms with Crippen LogP contribution >= 0.6 is 24.0 Å². The van der Waals surface area contributed by atoms with Crippen molar-refractivity contribution in [2.75, 3.05) is 31.6 Å². The van der Waals surface area contributed by atoms with Crippen LogP contribution in [0, 0.1) is 5.92 Å². The second kappa shape index (κ2) is 12.4. The number of rotatable bonds is 6. The van der Waals surface area contributed by atoms with Crippen molar-refractivity contribution in [2.45, 2.75) is 45.3 Å². The van der Waals surface area contributed by atoms with Crippen molar-refractivity contribution in [1.82, 2.24) is 20.0 Å². The zero-order valence-corrected chi connectivity index (χ0v) is 21.8. The Balaban J connectivity index is 0.00000306. The molecule has 1 amide bonds. The van der Waals surface area contributed by atoms with E-state index in [9.17, 15) is 4.79 Å². The first kappa shape index (κ1) is 25.5. The Morgan fingerprint density at radius 3 is 2.85 bits per heavy atom. The minimum Gasteiger partial charge on any atom is -0.370 e. The average Bonchev–Trinajstić information content (AvgIpc) is 3.49. The number of hydrogen-bond donors (Lipinski definition) is 2. The molecule has 1 aliphatic heterocycles. The van der Waals surface area contributed by atoms with E-state index in [4.69, 9.17) is 9.73 Å². The van der Waals surface area contributed by atoms with E-state index in [0.717, 1.165) is 68.1 Å². The molecule has 1 aromatic carbocycles. The minimum atomic E-state index is -0.0181. The minimum absolute atomic E-state index is 0. The number of halogens is 1. The highest BCUT2D eigenvalue weighted by atomic mass is 127. The van der Waals surface area contributed by atoms with Crippen LogP contribution in [0.25, 0.3) is 0 Å². The van der Waals surface area contributed by atoms with Crippen LogP contribution in [0.2, 0.25) is 0 Å². The molecule has 2 fully saturated rings. The fourth-order valence-electron chi connectivity index (χ4n) is 4.42. The van der Waals surface area contributed by atoms with Crippen LogP contribution in [0.5, 0.6) is 0 Å². The lowest BCUT2D eigenvalue weighted by Crippen LogP contribution is -2.48. The fourth-order valence-corrected chi connectivity index (χ4v) is 4.42. The molecule has 0 radical (unpaired) electrons. The van der Waals surface area contributed by atoms with Gasteiger partial charge in [0.1, 0.15) is 6.10 Å². The van der Waals surface area contributed by atoms with Gasteiger partial charge in [-0.3, -0.25) is 9.48 Å². The number of aliphatic imine (C=N–C) groups is 1. The number of nitrogens with one attached hydrogen (secondary N) is 2. The van der Waals surface area contributed by atoms with E-state index in [1.807, 2.05) is 37.6 Å². The molecule has 2 heterocycles. The Labute approximate surface area is 213 Å². The first-order chi connectivity index (χ1) is 15.6. The van der Waals surface area contributed by atoms with Gasteiger partial charge in [0.05, 0.1) is 25.9 Å². The summed E-state index contributed by atoms with van der Waals surface area (Å²) in [6.45, 7) is 5.59. The lowest BCUT2D eigenvalue weighted by molar-refractivity contribution is -0.119. The maximum absolute atomic E-state index is 12.5. The SMILES string of the molecule is CCNC(=NCc1cccc(NC(=O)C2CCCC2)c1)N1CCOC(c2cnn(C)c2)C1.I. The molecule has 1 saturated heterocycles. The monoisotopic (exact) mass is 566 g/mol. The third-order valence-electron chi connectivity index (χ3n) is 6.13. The van der Waals surface area contributed by atoms with Gasteiger partial charge in [0.15, 0.2) is 5.96 Å². The molecule has 4 rings (SSSR count). The third kappa shape index (κ3) is 6.92. The number of aryl methyl sites for hydroxylation is 1. The summed E-state index contributed by atoms with van der Waals surface area (Å²) in [7, 11) is 1.92. The Morgan fingerprint density at radius 1 is 1.30 bits per heavy atom. The summed E-state index contributed by atoms with van der Waals surface area (Å²) >= 11 is 0. The normalized spacial score (nSPS) is 19.3. The van der Waals surface area contributed by atoms with E-state index in [2.05, 4.69) is 33.6 Å². The van der Waals surface area contributed by atoms with Gasteiger partial charge >= 0.3 is 0 Å². The number of amides is 1. The molecule has 1 saturated carbocycles. The molecule has 1 atom stereocenters. The van der Waals surface area contributed by atoms with Crippen molar-refractivity contribution in [3.63, 3.8) is 0 Å².